The van der Waals surface area contributed by atoms with Crippen molar-refractivity contribution >= 4 is 33.0 Å². The molecule has 0 amide bonds. The highest BCUT2D eigenvalue weighted by Crippen LogP contribution is 2.37. The number of halogens is 1. The van der Waals surface area contributed by atoms with Crippen LogP contribution in [0.5, 0.6) is 0 Å². The number of nitrogens with zero attached hydrogens (tertiary/aromatic N) is 2. The summed E-state index contributed by atoms with van der Waals surface area (Å²) in [4.78, 5) is 4.74. The van der Waals surface area contributed by atoms with E-state index < -0.39 is 0 Å². The summed E-state index contributed by atoms with van der Waals surface area (Å²) in [6.07, 6.45) is 0. The van der Waals surface area contributed by atoms with Crippen LogP contribution >= 0.6 is 15.9 Å². The molecule has 0 saturated heterocycles. The molecule has 0 aromatic heterocycles. The lowest BCUT2D eigenvalue weighted by Crippen LogP contribution is -2.36. The van der Waals surface area contributed by atoms with Crippen molar-refractivity contribution in [3.05, 3.63) is 53.6 Å². The van der Waals surface area contributed by atoms with Gasteiger partial charge in [-0.15, -0.1) is 0 Å². The van der Waals surface area contributed by atoms with Gasteiger partial charge < -0.3 is 9.80 Å². The number of alkyl halides is 1. The van der Waals surface area contributed by atoms with Gasteiger partial charge in [-0.2, -0.15) is 0 Å². The molecule has 0 spiro atoms. The Morgan fingerprint density at radius 2 is 1.80 bits per heavy atom. The fourth-order valence-corrected chi connectivity index (χ4v) is 3.40. The minimum Gasteiger partial charge on any atom is -0.371 e. The third-order valence-corrected chi connectivity index (χ3v) is 4.63. The van der Waals surface area contributed by atoms with Crippen LogP contribution in [-0.4, -0.2) is 20.1 Å². The summed E-state index contributed by atoms with van der Waals surface area (Å²) in [7, 11) is 2.16. The van der Waals surface area contributed by atoms with Gasteiger partial charge in [-0.3, -0.25) is 0 Å². The summed E-state index contributed by atoms with van der Waals surface area (Å²) >= 11 is 3.54. The number of para-hydroxylation sites is 2. The third kappa shape index (κ3) is 2.31. The second-order valence-electron chi connectivity index (χ2n) is 5.31. The van der Waals surface area contributed by atoms with Crippen LogP contribution in [0.15, 0.2) is 42.5 Å². The van der Waals surface area contributed by atoms with E-state index in [-0.39, 0.29) is 0 Å². The number of aryl methyl sites for hydroxylation is 1. The van der Waals surface area contributed by atoms with Crippen LogP contribution in [0.2, 0.25) is 0 Å². The molecular formula is C17H19BrN2. The fourth-order valence-electron chi connectivity index (χ4n) is 2.77. The lowest BCUT2D eigenvalue weighted by molar-refractivity contribution is 0.821. The summed E-state index contributed by atoms with van der Waals surface area (Å²) in [5, 5.41) is 0.915. The predicted molar refractivity (Wildman–Crippen MR) is 90.5 cm³/mol. The van der Waals surface area contributed by atoms with Gasteiger partial charge in [0.2, 0.25) is 0 Å². The molecular weight excluding hydrogens is 312 g/mol. The zero-order valence-electron chi connectivity index (χ0n) is 11.9. The Morgan fingerprint density at radius 3 is 2.50 bits per heavy atom. The maximum absolute atomic E-state index is 3.54. The maximum Gasteiger partial charge on any atom is 0.0649 e. The molecule has 1 heterocycles. The van der Waals surface area contributed by atoms with Crippen molar-refractivity contribution in [2.24, 2.45) is 0 Å². The van der Waals surface area contributed by atoms with E-state index in [1.165, 1.54) is 28.2 Å². The largest absolute Gasteiger partial charge is 0.371 e. The van der Waals surface area contributed by atoms with Crippen molar-refractivity contribution in [1.29, 1.82) is 0 Å². The number of hydrogen-bond acceptors (Lipinski definition) is 2. The summed E-state index contributed by atoms with van der Waals surface area (Å²) in [6, 6.07) is 15.4. The lowest BCUT2D eigenvalue weighted by atomic mass is 10.1. The lowest BCUT2D eigenvalue weighted by Gasteiger charge is -2.37. The average Bonchev–Trinajstić information content (AvgIpc) is 2.48. The van der Waals surface area contributed by atoms with Crippen LogP contribution < -0.4 is 9.80 Å². The number of rotatable bonds is 2. The summed E-state index contributed by atoms with van der Waals surface area (Å²) < 4.78 is 0. The zero-order valence-corrected chi connectivity index (χ0v) is 13.5. The predicted octanol–water partition coefficient (Wildman–Crippen LogP) is 4.48. The molecule has 20 heavy (non-hydrogen) atoms. The highest BCUT2D eigenvalue weighted by molar-refractivity contribution is 9.08. The molecule has 0 bridgehead atoms. The third-order valence-electron chi connectivity index (χ3n) is 4.02. The smallest absolute Gasteiger partial charge is 0.0649 e. The highest BCUT2D eigenvalue weighted by Gasteiger charge is 2.21. The van der Waals surface area contributed by atoms with Crippen molar-refractivity contribution in [2.45, 2.75) is 12.3 Å². The molecule has 0 atom stereocenters. The van der Waals surface area contributed by atoms with Gasteiger partial charge in [-0.1, -0.05) is 34.1 Å². The van der Waals surface area contributed by atoms with Gasteiger partial charge in [-0.05, 0) is 42.3 Å². The normalized spacial score (nSPS) is 14.3. The quantitative estimate of drug-likeness (QED) is 0.749. The van der Waals surface area contributed by atoms with Crippen molar-refractivity contribution in [1.82, 2.24) is 0 Å². The molecule has 0 fully saturated rings. The highest BCUT2D eigenvalue weighted by atomic mass is 79.9. The fraction of sp³-hybridized carbons (Fsp3) is 0.294. The number of fused-ring (bicyclic) bond motifs is 1. The Kier molecular flexibility index (Phi) is 3.70. The number of hydrogen-bond donors (Lipinski definition) is 0. The van der Waals surface area contributed by atoms with E-state index in [0.717, 1.165) is 18.4 Å². The van der Waals surface area contributed by atoms with Crippen LogP contribution in [0.25, 0.3) is 0 Å². The SMILES string of the molecule is Cc1cc(N2CCN(C)c3ccccc32)ccc1CBr. The van der Waals surface area contributed by atoms with E-state index in [4.69, 9.17) is 0 Å². The van der Waals surface area contributed by atoms with E-state index in [1.54, 1.807) is 0 Å². The van der Waals surface area contributed by atoms with Crippen molar-refractivity contribution < 1.29 is 0 Å². The molecule has 0 saturated carbocycles. The molecule has 0 radical (unpaired) electrons. The summed E-state index contributed by atoms with van der Waals surface area (Å²) in [5.41, 5.74) is 6.59. The second kappa shape index (κ2) is 5.49. The molecule has 104 valence electrons. The Bertz CT molecular complexity index is 624. The van der Waals surface area contributed by atoms with Crippen molar-refractivity contribution in [2.75, 3.05) is 29.9 Å². The van der Waals surface area contributed by atoms with E-state index >= 15 is 0 Å². The van der Waals surface area contributed by atoms with E-state index in [1.807, 2.05) is 0 Å². The van der Waals surface area contributed by atoms with Crippen LogP contribution in [-0.2, 0) is 5.33 Å². The number of benzene rings is 2. The van der Waals surface area contributed by atoms with E-state index in [0.29, 0.717) is 0 Å². The molecule has 2 aromatic rings. The number of anilines is 3. The standard InChI is InChI=1S/C17H19BrN2/c1-13-11-15(8-7-14(13)12-18)20-10-9-19(2)16-5-3-4-6-17(16)20/h3-8,11H,9-10,12H2,1-2H3. The van der Waals surface area contributed by atoms with Crippen LogP contribution in [0.4, 0.5) is 17.1 Å². The Labute approximate surface area is 129 Å². The Hall–Kier alpha value is -1.48. The molecule has 1 aliphatic rings. The second-order valence-corrected chi connectivity index (χ2v) is 5.87. The number of likely N-dealkylation sites (N-methyl/N-ethyl adjacent to an activating group) is 1. The minimum absolute atomic E-state index is 0.915. The zero-order chi connectivity index (χ0) is 14.1. The monoisotopic (exact) mass is 330 g/mol. The molecule has 1 aliphatic heterocycles. The first-order chi connectivity index (χ1) is 9.70. The van der Waals surface area contributed by atoms with Gasteiger partial charge in [0.1, 0.15) is 0 Å². The Balaban J connectivity index is 2.03. The Morgan fingerprint density at radius 1 is 1.05 bits per heavy atom. The van der Waals surface area contributed by atoms with Crippen LogP contribution in [0.3, 0.4) is 0 Å². The van der Waals surface area contributed by atoms with Crippen molar-refractivity contribution in [3.63, 3.8) is 0 Å². The van der Waals surface area contributed by atoms with Gasteiger partial charge in [0.05, 0.1) is 11.4 Å². The first-order valence-electron chi connectivity index (χ1n) is 6.94. The minimum atomic E-state index is 0.915. The first kappa shape index (κ1) is 13.5. The first-order valence-corrected chi connectivity index (χ1v) is 8.06. The van der Waals surface area contributed by atoms with Crippen LogP contribution in [0.1, 0.15) is 11.1 Å². The van der Waals surface area contributed by atoms with Gasteiger partial charge in [-0.25, -0.2) is 0 Å². The molecule has 2 nitrogen and oxygen atoms in total. The molecule has 2 aromatic carbocycles. The molecule has 3 heteroatoms. The molecule has 0 aliphatic carbocycles. The van der Waals surface area contributed by atoms with Crippen LogP contribution in [0, 0.1) is 6.92 Å². The van der Waals surface area contributed by atoms with Gasteiger partial charge in [0, 0.05) is 31.2 Å². The molecule has 0 unspecified atom stereocenters. The summed E-state index contributed by atoms with van der Waals surface area (Å²) in [6.45, 7) is 4.26. The van der Waals surface area contributed by atoms with Crippen molar-refractivity contribution in [3.8, 4) is 0 Å². The molecule has 3 rings (SSSR count). The van der Waals surface area contributed by atoms with Gasteiger partial charge in [0.15, 0.2) is 0 Å². The van der Waals surface area contributed by atoms with Gasteiger partial charge in [0.25, 0.3) is 0 Å². The van der Waals surface area contributed by atoms with E-state index in [2.05, 4.69) is 82.2 Å². The maximum atomic E-state index is 3.54. The summed E-state index contributed by atoms with van der Waals surface area (Å²) in [5.74, 6) is 0. The van der Waals surface area contributed by atoms with E-state index in [9.17, 15) is 0 Å². The van der Waals surface area contributed by atoms with Gasteiger partial charge >= 0.3 is 0 Å². The molecule has 0 N–H and O–H groups in total. The average molecular weight is 331 g/mol. The topological polar surface area (TPSA) is 6.48 Å².